The van der Waals surface area contributed by atoms with Gasteiger partial charge in [-0.3, -0.25) is 0 Å². The number of aryl methyl sites for hydroxylation is 1. The third-order valence-corrected chi connectivity index (χ3v) is 4.08. The smallest absolute Gasteiger partial charge is 0.338 e. The lowest BCUT2D eigenvalue weighted by Crippen LogP contribution is -2.14. The van der Waals surface area contributed by atoms with Crippen molar-refractivity contribution in [2.75, 3.05) is 6.61 Å². The van der Waals surface area contributed by atoms with Gasteiger partial charge in [0.15, 0.2) is 0 Å². The summed E-state index contributed by atoms with van der Waals surface area (Å²) in [6.45, 7) is 0.535. The van der Waals surface area contributed by atoms with Crippen LogP contribution >= 0.6 is 22.6 Å². The molecule has 1 heterocycles. The number of rotatable bonds is 0. The standard InChI is InChI=1S/C14H17IO2/c15-12-8-3-1-2-6-11-7-4-5-9-13(11)14(16)17-10-12/h4-5,7,9,12H,1-3,6,8,10H2. The first-order valence-electron chi connectivity index (χ1n) is 6.16. The summed E-state index contributed by atoms with van der Waals surface area (Å²) in [5.74, 6) is -0.163. The van der Waals surface area contributed by atoms with E-state index < -0.39 is 0 Å². The fourth-order valence-corrected chi connectivity index (χ4v) is 2.74. The van der Waals surface area contributed by atoms with E-state index in [1.807, 2.05) is 24.3 Å². The maximum Gasteiger partial charge on any atom is 0.338 e. The summed E-state index contributed by atoms with van der Waals surface area (Å²) in [4.78, 5) is 12.0. The van der Waals surface area contributed by atoms with E-state index in [1.54, 1.807) is 0 Å². The number of benzene rings is 1. The number of halogens is 1. The van der Waals surface area contributed by atoms with Gasteiger partial charge in [0.25, 0.3) is 0 Å². The number of fused-ring (bicyclic) bond motifs is 1. The highest BCUT2D eigenvalue weighted by atomic mass is 127. The van der Waals surface area contributed by atoms with Gasteiger partial charge in [-0.1, -0.05) is 53.6 Å². The summed E-state index contributed by atoms with van der Waals surface area (Å²) in [5, 5.41) is 0. The summed E-state index contributed by atoms with van der Waals surface area (Å²) in [6, 6.07) is 7.81. The number of cyclic esters (lactones) is 1. The van der Waals surface area contributed by atoms with Crippen LogP contribution in [0.1, 0.15) is 41.6 Å². The summed E-state index contributed by atoms with van der Waals surface area (Å²) < 4.78 is 5.81. The molecule has 0 radical (unpaired) electrons. The molecule has 2 rings (SSSR count). The molecule has 0 N–H and O–H groups in total. The second-order valence-electron chi connectivity index (χ2n) is 4.45. The lowest BCUT2D eigenvalue weighted by Gasteiger charge is -2.10. The molecule has 1 aliphatic heterocycles. The molecule has 1 aromatic rings. The molecular formula is C14H17IO2. The molecule has 92 valence electrons. The Bertz CT molecular complexity index is 390. The molecule has 1 unspecified atom stereocenters. The van der Waals surface area contributed by atoms with Crippen LogP contribution in [0.4, 0.5) is 0 Å². The van der Waals surface area contributed by atoms with Gasteiger partial charge in [-0.15, -0.1) is 0 Å². The molecule has 0 aromatic heterocycles. The zero-order valence-corrected chi connectivity index (χ0v) is 12.0. The van der Waals surface area contributed by atoms with Gasteiger partial charge in [0.2, 0.25) is 0 Å². The predicted molar refractivity (Wildman–Crippen MR) is 76.7 cm³/mol. The topological polar surface area (TPSA) is 26.3 Å². The van der Waals surface area contributed by atoms with Gasteiger partial charge < -0.3 is 4.74 Å². The van der Waals surface area contributed by atoms with Gasteiger partial charge >= 0.3 is 5.97 Å². The molecule has 1 aliphatic rings. The first-order valence-corrected chi connectivity index (χ1v) is 7.41. The second-order valence-corrected chi connectivity index (χ2v) is 6.21. The molecule has 0 aliphatic carbocycles. The van der Waals surface area contributed by atoms with Crippen molar-refractivity contribution in [2.45, 2.75) is 36.0 Å². The quantitative estimate of drug-likeness (QED) is 0.407. The molecule has 1 atom stereocenters. The van der Waals surface area contributed by atoms with Crippen LogP contribution in [0.15, 0.2) is 24.3 Å². The molecule has 17 heavy (non-hydrogen) atoms. The number of ether oxygens (including phenoxy) is 1. The molecule has 0 fully saturated rings. The highest BCUT2D eigenvalue weighted by Gasteiger charge is 2.15. The molecule has 0 saturated carbocycles. The van der Waals surface area contributed by atoms with Crippen molar-refractivity contribution in [1.29, 1.82) is 0 Å². The van der Waals surface area contributed by atoms with E-state index in [1.165, 1.54) is 12.8 Å². The maximum atomic E-state index is 12.0. The molecule has 0 spiro atoms. The van der Waals surface area contributed by atoms with Gasteiger partial charge in [-0.25, -0.2) is 4.79 Å². The Morgan fingerprint density at radius 2 is 2.00 bits per heavy atom. The minimum absolute atomic E-state index is 0.163. The monoisotopic (exact) mass is 344 g/mol. The minimum Gasteiger partial charge on any atom is -0.461 e. The number of carbonyl (C=O) groups is 1. The summed E-state index contributed by atoms with van der Waals surface area (Å²) >= 11 is 2.37. The van der Waals surface area contributed by atoms with E-state index in [0.717, 1.165) is 30.4 Å². The number of carbonyl (C=O) groups excluding carboxylic acids is 1. The van der Waals surface area contributed by atoms with E-state index in [-0.39, 0.29) is 5.97 Å². The van der Waals surface area contributed by atoms with Gasteiger partial charge in [0.1, 0.15) is 6.61 Å². The largest absolute Gasteiger partial charge is 0.461 e. The number of hydrogen-bond donors (Lipinski definition) is 0. The van der Waals surface area contributed by atoms with Crippen molar-refractivity contribution in [3.8, 4) is 0 Å². The summed E-state index contributed by atoms with van der Waals surface area (Å²) in [5.41, 5.74) is 1.88. The van der Waals surface area contributed by atoms with Crippen LogP contribution in [0.25, 0.3) is 0 Å². The molecule has 0 saturated heterocycles. The van der Waals surface area contributed by atoms with Crippen LogP contribution in [0.5, 0.6) is 0 Å². The Balaban J connectivity index is 2.18. The second kappa shape index (κ2) is 6.38. The van der Waals surface area contributed by atoms with Crippen LogP contribution in [0.3, 0.4) is 0 Å². The highest BCUT2D eigenvalue weighted by Crippen LogP contribution is 2.19. The number of esters is 1. The average Bonchev–Trinajstić information content (AvgIpc) is 2.38. The Hall–Kier alpha value is -0.580. The Kier molecular flexibility index (Phi) is 4.83. The molecular weight excluding hydrogens is 327 g/mol. The summed E-state index contributed by atoms with van der Waals surface area (Å²) in [6.07, 6.45) is 5.75. The van der Waals surface area contributed by atoms with Crippen LogP contribution in [-0.2, 0) is 11.2 Å². The predicted octanol–water partition coefficient (Wildman–Crippen LogP) is 3.76. The van der Waals surface area contributed by atoms with Crippen LogP contribution in [-0.4, -0.2) is 16.5 Å². The first-order chi connectivity index (χ1) is 8.27. The SMILES string of the molecule is O=C1OCC(I)CCCCCc2ccccc21. The lowest BCUT2D eigenvalue weighted by atomic mass is 10.0. The van der Waals surface area contributed by atoms with E-state index in [9.17, 15) is 4.79 Å². The Labute approximate surface area is 116 Å². The summed E-state index contributed by atoms with van der Waals surface area (Å²) in [7, 11) is 0. The van der Waals surface area contributed by atoms with Crippen LogP contribution in [0.2, 0.25) is 0 Å². The van der Waals surface area contributed by atoms with Crippen molar-refractivity contribution in [3.05, 3.63) is 35.4 Å². The fraction of sp³-hybridized carbons (Fsp3) is 0.500. The van der Waals surface area contributed by atoms with E-state index in [4.69, 9.17) is 4.74 Å². The van der Waals surface area contributed by atoms with E-state index >= 15 is 0 Å². The number of alkyl halides is 1. The molecule has 0 bridgehead atoms. The van der Waals surface area contributed by atoms with Crippen molar-refractivity contribution >= 4 is 28.6 Å². The average molecular weight is 344 g/mol. The van der Waals surface area contributed by atoms with Crippen molar-refractivity contribution in [3.63, 3.8) is 0 Å². The van der Waals surface area contributed by atoms with Crippen LogP contribution < -0.4 is 0 Å². The number of hydrogen-bond acceptors (Lipinski definition) is 2. The Morgan fingerprint density at radius 1 is 1.18 bits per heavy atom. The van der Waals surface area contributed by atoms with Crippen molar-refractivity contribution in [1.82, 2.24) is 0 Å². The molecule has 0 amide bonds. The van der Waals surface area contributed by atoms with Gasteiger partial charge in [-0.05, 0) is 30.9 Å². The molecule has 1 aromatic carbocycles. The normalized spacial score (nSPS) is 22.2. The maximum absolute atomic E-state index is 12.0. The van der Waals surface area contributed by atoms with E-state index in [2.05, 4.69) is 22.6 Å². The third-order valence-electron chi connectivity index (χ3n) is 3.10. The zero-order chi connectivity index (χ0) is 12.1. The lowest BCUT2D eigenvalue weighted by molar-refractivity contribution is 0.0507. The highest BCUT2D eigenvalue weighted by molar-refractivity contribution is 14.1. The Morgan fingerprint density at radius 3 is 2.88 bits per heavy atom. The molecule has 2 nitrogen and oxygen atoms in total. The van der Waals surface area contributed by atoms with Crippen LogP contribution in [0, 0.1) is 0 Å². The minimum atomic E-state index is -0.163. The fourth-order valence-electron chi connectivity index (χ4n) is 2.12. The van der Waals surface area contributed by atoms with Gasteiger partial charge in [-0.2, -0.15) is 0 Å². The van der Waals surface area contributed by atoms with Crippen molar-refractivity contribution < 1.29 is 9.53 Å². The first kappa shape index (κ1) is 12.9. The van der Waals surface area contributed by atoms with Crippen molar-refractivity contribution in [2.24, 2.45) is 0 Å². The molecule has 3 heteroatoms. The third kappa shape index (κ3) is 3.69. The van der Waals surface area contributed by atoms with Gasteiger partial charge in [0, 0.05) is 3.92 Å². The zero-order valence-electron chi connectivity index (χ0n) is 9.82. The van der Waals surface area contributed by atoms with Gasteiger partial charge in [0.05, 0.1) is 5.56 Å². The van der Waals surface area contributed by atoms with E-state index in [0.29, 0.717) is 10.5 Å².